The van der Waals surface area contributed by atoms with Gasteiger partial charge in [-0.15, -0.1) is 0 Å². The lowest BCUT2D eigenvalue weighted by Crippen LogP contribution is -2.48. The molecule has 0 saturated heterocycles. The fourth-order valence-electron chi connectivity index (χ4n) is 3.45. The van der Waals surface area contributed by atoms with E-state index < -0.39 is 12.0 Å². The van der Waals surface area contributed by atoms with E-state index in [4.69, 9.17) is 25.8 Å². The molecule has 2 amide bonds. The minimum atomic E-state index is -0.563. The number of esters is 1. The summed E-state index contributed by atoms with van der Waals surface area (Å²) < 4.78 is 16.2. The number of amides is 2. The fourth-order valence-corrected chi connectivity index (χ4v) is 3.61. The van der Waals surface area contributed by atoms with E-state index in [1.54, 1.807) is 43.3 Å². The Morgan fingerprint density at radius 1 is 1.20 bits per heavy atom. The second kappa shape index (κ2) is 8.23. The minimum absolute atomic E-state index is 0.0214. The number of carbonyl (C=O) groups excluding carboxylic acids is 3. The number of rotatable bonds is 4. The van der Waals surface area contributed by atoms with Crippen LogP contribution in [0, 0.1) is 0 Å². The molecule has 1 atom stereocenters. The SMILES string of the molecule is CCOC(=O)C[C@@H]1COc2cc(Cl)ccc2N1C(=O)c1ccc2c(c1)NC(=O)CO2. The van der Waals surface area contributed by atoms with Gasteiger partial charge in [-0.05, 0) is 37.3 Å². The molecule has 8 nitrogen and oxygen atoms in total. The van der Waals surface area contributed by atoms with Crippen molar-refractivity contribution in [3.8, 4) is 11.5 Å². The van der Waals surface area contributed by atoms with Crippen molar-refractivity contribution in [3.63, 3.8) is 0 Å². The molecule has 0 bridgehead atoms. The molecule has 2 heterocycles. The zero-order valence-electron chi connectivity index (χ0n) is 16.1. The summed E-state index contributed by atoms with van der Waals surface area (Å²) in [6.45, 7) is 2.01. The van der Waals surface area contributed by atoms with Crippen LogP contribution in [0.2, 0.25) is 5.02 Å². The van der Waals surface area contributed by atoms with E-state index in [1.165, 1.54) is 4.90 Å². The molecule has 2 aliphatic heterocycles. The number of carbonyl (C=O) groups is 3. The molecule has 0 saturated carbocycles. The number of hydrogen-bond acceptors (Lipinski definition) is 6. The normalized spacial score (nSPS) is 17.1. The third-order valence-electron chi connectivity index (χ3n) is 4.76. The first-order valence-electron chi connectivity index (χ1n) is 9.44. The van der Waals surface area contributed by atoms with E-state index in [9.17, 15) is 14.4 Å². The van der Waals surface area contributed by atoms with E-state index in [0.29, 0.717) is 33.5 Å². The van der Waals surface area contributed by atoms with E-state index >= 15 is 0 Å². The number of benzene rings is 2. The highest BCUT2D eigenvalue weighted by atomic mass is 35.5. The third-order valence-corrected chi connectivity index (χ3v) is 5.00. The molecule has 0 aliphatic carbocycles. The van der Waals surface area contributed by atoms with Crippen molar-refractivity contribution in [1.82, 2.24) is 0 Å². The van der Waals surface area contributed by atoms with Gasteiger partial charge in [0.15, 0.2) is 6.61 Å². The highest BCUT2D eigenvalue weighted by Crippen LogP contribution is 2.38. The van der Waals surface area contributed by atoms with Crippen LogP contribution >= 0.6 is 11.6 Å². The average Bonchev–Trinajstić information content (AvgIpc) is 2.72. The van der Waals surface area contributed by atoms with E-state index in [1.807, 2.05) is 0 Å². The van der Waals surface area contributed by atoms with Gasteiger partial charge in [-0.25, -0.2) is 0 Å². The topological polar surface area (TPSA) is 94.2 Å². The summed E-state index contributed by atoms with van der Waals surface area (Å²) in [5.41, 5.74) is 1.25. The van der Waals surface area contributed by atoms with Crippen molar-refractivity contribution in [2.45, 2.75) is 19.4 Å². The van der Waals surface area contributed by atoms with Crippen LogP contribution in [-0.4, -0.2) is 43.6 Å². The standard InChI is InChI=1S/C21H19ClN2O6/c1-2-28-20(26)9-14-10-29-18-8-13(22)4-5-16(18)24(14)21(27)12-3-6-17-15(7-12)23-19(25)11-30-17/h3-8,14H,2,9-11H2,1H3,(H,23,25)/t14-/m1/s1. The Balaban J connectivity index is 1.70. The van der Waals surface area contributed by atoms with Crippen LogP contribution in [0.4, 0.5) is 11.4 Å². The Hall–Kier alpha value is -3.26. The highest BCUT2D eigenvalue weighted by molar-refractivity contribution is 6.31. The molecule has 156 valence electrons. The summed E-state index contributed by atoms with van der Waals surface area (Å²) >= 11 is 6.06. The average molecular weight is 431 g/mol. The van der Waals surface area contributed by atoms with Gasteiger partial charge in [0.25, 0.3) is 11.8 Å². The van der Waals surface area contributed by atoms with Gasteiger partial charge < -0.3 is 19.5 Å². The second-order valence-electron chi connectivity index (χ2n) is 6.81. The van der Waals surface area contributed by atoms with Crippen molar-refractivity contribution in [2.75, 3.05) is 30.0 Å². The first-order valence-corrected chi connectivity index (χ1v) is 9.82. The van der Waals surface area contributed by atoms with E-state index in [0.717, 1.165) is 0 Å². The molecule has 4 rings (SSSR count). The predicted octanol–water partition coefficient (Wildman–Crippen LogP) is 3.03. The molecule has 2 aromatic carbocycles. The quantitative estimate of drug-likeness (QED) is 0.749. The van der Waals surface area contributed by atoms with Crippen LogP contribution in [-0.2, 0) is 14.3 Å². The summed E-state index contributed by atoms with van der Waals surface area (Å²) in [5.74, 6) is -0.126. The zero-order valence-corrected chi connectivity index (χ0v) is 16.9. The zero-order chi connectivity index (χ0) is 21.3. The van der Waals surface area contributed by atoms with Crippen molar-refractivity contribution in [2.24, 2.45) is 0 Å². The van der Waals surface area contributed by atoms with Crippen LogP contribution in [0.15, 0.2) is 36.4 Å². The Morgan fingerprint density at radius 2 is 2.03 bits per heavy atom. The predicted molar refractivity (Wildman–Crippen MR) is 109 cm³/mol. The van der Waals surface area contributed by atoms with Gasteiger partial charge in [0.1, 0.15) is 18.1 Å². The van der Waals surface area contributed by atoms with Crippen molar-refractivity contribution >= 4 is 40.8 Å². The monoisotopic (exact) mass is 430 g/mol. The largest absolute Gasteiger partial charge is 0.489 e. The molecule has 0 aromatic heterocycles. The molecule has 1 N–H and O–H groups in total. The van der Waals surface area contributed by atoms with Gasteiger partial charge >= 0.3 is 5.97 Å². The summed E-state index contributed by atoms with van der Waals surface area (Å²) in [6.07, 6.45) is -0.0214. The Bertz CT molecular complexity index is 1020. The van der Waals surface area contributed by atoms with E-state index in [-0.39, 0.29) is 38.1 Å². The van der Waals surface area contributed by atoms with Gasteiger partial charge in [-0.2, -0.15) is 0 Å². The Morgan fingerprint density at radius 3 is 2.83 bits per heavy atom. The van der Waals surface area contributed by atoms with Crippen LogP contribution in [0.25, 0.3) is 0 Å². The number of hydrogen-bond donors (Lipinski definition) is 1. The Kier molecular flexibility index (Phi) is 5.50. The number of ether oxygens (including phenoxy) is 3. The molecule has 0 fully saturated rings. The summed E-state index contributed by atoms with van der Waals surface area (Å²) in [4.78, 5) is 38.7. The molecule has 2 aromatic rings. The lowest BCUT2D eigenvalue weighted by Gasteiger charge is -2.36. The van der Waals surface area contributed by atoms with Gasteiger partial charge in [-0.3, -0.25) is 19.3 Å². The molecule has 2 aliphatic rings. The fraction of sp³-hybridized carbons (Fsp3) is 0.286. The maximum Gasteiger partial charge on any atom is 0.308 e. The molecule has 9 heteroatoms. The first-order chi connectivity index (χ1) is 14.5. The summed E-state index contributed by atoms with van der Waals surface area (Å²) in [6, 6.07) is 9.19. The summed E-state index contributed by atoms with van der Waals surface area (Å²) in [5, 5.41) is 3.16. The lowest BCUT2D eigenvalue weighted by atomic mass is 10.0. The number of nitrogens with zero attached hydrogens (tertiary/aromatic N) is 1. The number of halogens is 1. The molecular weight excluding hydrogens is 412 g/mol. The molecule has 30 heavy (non-hydrogen) atoms. The van der Waals surface area contributed by atoms with Gasteiger partial charge in [0.05, 0.1) is 30.4 Å². The lowest BCUT2D eigenvalue weighted by molar-refractivity contribution is -0.143. The molecule has 0 unspecified atom stereocenters. The maximum absolute atomic E-state index is 13.5. The van der Waals surface area contributed by atoms with Crippen molar-refractivity contribution in [3.05, 3.63) is 47.0 Å². The molecule has 0 spiro atoms. The third kappa shape index (κ3) is 3.91. The van der Waals surface area contributed by atoms with Crippen LogP contribution in [0.3, 0.4) is 0 Å². The number of nitrogens with one attached hydrogen (secondary N) is 1. The Labute approximate surface area is 177 Å². The van der Waals surface area contributed by atoms with E-state index in [2.05, 4.69) is 5.32 Å². The van der Waals surface area contributed by atoms with Gasteiger partial charge in [0, 0.05) is 16.7 Å². The molecule has 0 radical (unpaired) electrons. The van der Waals surface area contributed by atoms with Crippen LogP contribution in [0.5, 0.6) is 11.5 Å². The molecular formula is C21H19ClN2O6. The minimum Gasteiger partial charge on any atom is -0.489 e. The van der Waals surface area contributed by atoms with Crippen LogP contribution in [0.1, 0.15) is 23.7 Å². The maximum atomic E-state index is 13.5. The second-order valence-corrected chi connectivity index (χ2v) is 7.25. The van der Waals surface area contributed by atoms with Crippen LogP contribution < -0.4 is 19.7 Å². The highest BCUT2D eigenvalue weighted by Gasteiger charge is 2.35. The smallest absolute Gasteiger partial charge is 0.308 e. The number of anilines is 2. The summed E-state index contributed by atoms with van der Waals surface area (Å²) in [7, 11) is 0. The van der Waals surface area contributed by atoms with Crippen molar-refractivity contribution < 1.29 is 28.6 Å². The van der Waals surface area contributed by atoms with Gasteiger partial charge in [-0.1, -0.05) is 11.6 Å². The number of fused-ring (bicyclic) bond motifs is 2. The van der Waals surface area contributed by atoms with Gasteiger partial charge in [0.2, 0.25) is 0 Å². The first kappa shape index (κ1) is 20.0. The van der Waals surface area contributed by atoms with Crippen molar-refractivity contribution in [1.29, 1.82) is 0 Å².